The monoisotopic (exact) mass is 173 g/mol. The second kappa shape index (κ2) is 3.06. The zero-order valence-corrected chi connectivity index (χ0v) is 7.57. The number of nitriles is 1. The molecule has 0 bridgehead atoms. The van der Waals surface area contributed by atoms with Crippen molar-refractivity contribution < 1.29 is 0 Å². The van der Waals surface area contributed by atoms with Gasteiger partial charge in [0.25, 0.3) is 0 Å². The molecule has 3 nitrogen and oxygen atoms in total. The molecule has 1 fully saturated rings. The van der Waals surface area contributed by atoms with Gasteiger partial charge in [0.2, 0.25) is 0 Å². The van der Waals surface area contributed by atoms with E-state index in [1.165, 1.54) is 0 Å². The van der Waals surface area contributed by atoms with Crippen LogP contribution in [0.5, 0.6) is 0 Å². The zero-order chi connectivity index (χ0) is 9.26. The van der Waals surface area contributed by atoms with E-state index in [9.17, 15) is 0 Å². The van der Waals surface area contributed by atoms with E-state index in [1.807, 2.05) is 6.07 Å². The first-order chi connectivity index (χ1) is 6.29. The summed E-state index contributed by atoms with van der Waals surface area (Å²) in [6, 6.07) is 5.68. The van der Waals surface area contributed by atoms with E-state index in [-0.39, 0.29) is 0 Å². The molecule has 13 heavy (non-hydrogen) atoms. The van der Waals surface area contributed by atoms with Crippen LogP contribution in [0.3, 0.4) is 0 Å². The third-order valence-corrected chi connectivity index (χ3v) is 2.26. The van der Waals surface area contributed by atoms with Crippen molar-refractivity contribution >= 4 is 5.82 Å². The summed E-state index contributed by atoms with van der Waals surface area (Å²) in [4.78, 5) is 6.40. The number of nitrogens with zero attached hydrogens (tertiary/aromatic N) is 3. The predicted molar refractivity (Wildman–Crippen MR) is 50.3 cm³/mol. The minimum Gasteiger partial charge on any atom is -0.356 e. The van der Waals surface area contributed by atoms with Gasteiger partial charge < -0.3 is 4.90 Å². The smallest absolute Gasteiger partial charge is 0.129 e. The van der Waals surface area contributed by atoms with Crippen LogP contribution in [0.1, 0.15) is 12.5 Å². The molecular weight excluding hydrogens is 162 g/mol. The van der Waals surface area contributed by atoms with Crippen molar-refractivity contribution in [3.05, 3.63) is 23.9 Å². The molecule has 0 N–H and O–H groups in total. The quantitative estimate of drug-likeness (QED) is 0.644. The van der Waals surface area contributed by atoms with Gasteiger partial charge in [-0.3, -0.25) is 0 Å². The van der Waals surface area contributed by atoms with Crippen LogP contribution >= 0.6 is 0 Å². The fourth-order valence-electron chi connectivity index (χ4n) is 1.55. The summed E-state index contributed by atoms with van der Waals surface area (Å²) < 4.78 is 0. The largest absolute Gasteiger partial charge is 0.356 e. The van der Waals surface area contributed by atoms with Gasteiger partial charge in [-0.05, 0) is 18.1 Å². The molecule has 0 aromatic carbocycles. The van der Waals surface area contributed by atoms with Crippen molar-refractivity contribution in [3.8, 4) is 6.07 Å². The summed E-state index contributed by atoms with van der Waals surface area (Å²) in [6.45, 7) is 4.33. The van der Waals surface area contributed by atoms with Crippen LogP contribution in [0.25, 0.3) is 0 Å². The SMILES string of the molecule is CC1CN(c2cc(C#N)ccn2)C1. The Labute approximate surface area is 77.6 Å². The number of hydrogen-bond acceptors (Lipinski definition) is 3. The lowest BCUT2D eigenvalue weighted by Crippen LogP contribution is -2.45. The molecule has 0 atom stereocenters. The topological polar surface area (TPSA) is 39.9 Å². The van der Waals surface area contributed by atoms with Gasteiger partial charge in [-0.15, -0.1) is 0 Å². The number of hydrogen-bond donors (Lipinski definition) is 0. The lowest BCUT2D eigenvalue weighted by molar-refractivity contribution is 0.443. The summed E-state index contributed by atoms with van der Waals surface area (Å²) >= 11 is 0. The molecule has 0 spiro atoms. The molecule has 2 heterocycles. The highest BCUT2D eigenvalue weighted by atomic mass is 15.2. The van der Waals surface area contributed by atoms with E-state index in [2.05, 4.69) is 22.9 Å². The Balaban J connectivity index is 2.18. The summed E-state index contributed by atoms with van der Waals surface area (Å²) in [5.41, 5.74) is 0.685. The second-order valence-electron chi connectivity index (χ2n) is 3.52. The molecule has 0 amide bonds. The third-order valence-electron chi connectivity index (χ3n) is 2.26. The van der Waals surface area contributed by atoms with Crippen LogP contribution in [0, 0.1) is 17.2 Å². The van der Waals surface area contributed by atoms with Crippen molar-refractivity contribution in [2.24, 2.45) is 5.92 Å². The molecule has 1 aromatic heterocycles. The van der Waals surface area contributed by atoms with E-state index in [0.717, 1.165) is 24.8 Å². The van der Waals surface area contributed by atoms with Crippen LogP contribution in [-0.4, -0.2) is 18.1 Å². The molecule has 0 unspecified atom stereocenters. The molecule has 0 saturated carbocycles. The first-order valence-electron chi connectivity index (χ1n) is 4.40. The molecule has 66 valence electrons. The summed E-state index contributed by atoms with van der Waals surface area (Å²) in [7, 11) is 0. The van der Waals surface area contributed by atoms with E-state index >= 15 is 0 Å². The second-order valence-corrected chi connectivity index (χ2v) is 3.52. The van der Waals surface area contributed by atoms with Crippen molar-refractivity contribution in [3.63, 3.8) is 0 Å². The standard InChI is InChI=1S/C10H11N3/c1-8-6-13(7-8)10-4-9(5-11)2-3-12-10/h2-4,8H,6-7H2,1H3. The van der Waals surface area contributed by atoms with Crippen LogP contribution < -0.4 is 4.90 Å². The average molecular weight is 173 g/mol. The minimum atomic E-state index is 0.685. The molecule has 0 radical (unpaired) electrons. The summed E-state index contributed by atoms with van der Waals surface area (Å²) in [6.07, 6.45) is 1.69. The van der Waals surface area contributed by atoms with Gasteiger partial charge in [0.05, 0.1) is 11.6 Å². The Morgan fingerprint density at radius 3 is 3.00 bits per heavy atom. The van der Waals surface area contributed by atoms with E-state index in [0.29, 0.717) is 5.56 Å². The minimum absolute atomic E-state index is 0.685. The maximum Gasteiger partial charge on any atom is 0.129 e. The number of aromatic nitrogens is 1. The summed E-state index contributed by atoms with van der Waals surface area (Å²) in [5.74, 6) is 1.68. The van der Waals surface area contributed by atoms with Crippen molar-refractivity contribution in [1.29, 1.82) is 5.26 Å². The number of anilines is 1. The van der Waals surface area contributed by atoms with Crippen LogP contribution in [0.2, 0.25) is 0 Å². The van der Waals surface area contributed by atoms with Gasteiger partial charge in [0.15, 0.2) is 0 Å². The van der Waals surface area contributed by atoms with Crippen molar-refractivity contribution in [1.82, 2.24) is 4.98 Å². The van der Waals surface area contributed by atoms with Gasteiger partial charge in [0, 0.05) is 19.3 Å². The van der Waals surface area contributed by atoms with Gasteiger partial charge >= 0.3 is 0 Å². The van der Waals surface area contributed by atoms with Crippen LogP contribution in [0.4, 0.5) is 5.82 Å². The highest BCUT2D eigenvalue weighted by Gasteiger charge is 2.23. The zero-order valence-electron chi connectivity index (χ0n) is 7.57. The Kier molecular flexibility index (Phi) is 1.90. The Morgan fingerprint density at radius 2 is 2.38 bits per heavy atom. The molecule has 3 heteroatoms. The predicted octanol–water partition coefficient (Wildman–Crippen LogP) is 1.41. The Bertz CT molecular complexity index is 347. The van der Waals surface area contributed by atoms with Crippen molar-refractivity contribution in [2.45, 2.75) is 6.92 Å². The summed E-state index contributed by atoms with van der Waals surface area (Å²) in [5, 5.41) is 8.69. The van der Waals surface area contributed by atoms with Gasteiger partial charge in [-0.1, -0.05) is 6.92 Å². The maximum atomic E-state index is 8.69. The van der Waals surface area contributed by atoms with Crippen LogP contribution in [0.15, 0.2) is 18.3 Å². The Morgan fingerprint density at radius 1 is 1.62 bits per heavy atom. The molecule has 1 aliphatic heterocycles. The molecule has 1 aromatic rings. The van der Waals surface area contributed by atoms with Crippen LogP contribution in [-0.2, 0) is 0 Å². The average Bonchev–Trinajstić information content (AvgIpc) is 2.13. The molecule has 2 rings (SSSR count). The van der Waals surface area contributed by atoms with Gasteiger partial charge in [0.1, 0.15) is 5.82 Å². The first kappa shape index (κ1) is 8.06. The third kappa shape index (κ3) is 1.48. The Hall–Kier alpha value is -1.56. The number of pyridine rings is 1. The van der Waals surface area contributed by atoms with E-state index in [4.69, 9.17) is 5.26 Å². The fourth-order valence-corrected chi connectivity index (χ4v) is 1.55. The maximum absolute atomic E-state index is 8.69. The van der Waals surface area contributed by atoms with Gasteiger partial charge in [-0.2, -0.15) is 5.26 Å². The van der Waals surface area contributed by atoms with Gasteiger partial charge in [-0.25, -0.2) is 4.98 Å². The van der Waals surface area contributed by atoms with Crippen molar-refractivity contribution in [2.75, 3.05) is 18.0 Å². The number of rotatable bonds is 1. The molecule has 1 saturated heterocycles. The molecule has 1 aliphatic rings. The lowest BCUT2D eigenvalue weighted by atomic mass is 10.0. The first-order valence-corrected chi connectivity index (χ1v) is 4.40. The molecule has 0 aliphatic carbocycles. The van der Waals surface area contributed by atoms with E-state index in [1.54, 1.807) is 12.3 Å². The normalized spacial score (nSPS) is 16.5. The lowest BCUT2D eigenvalue weighted by Gasteiger charge is -2.38. The highest BCUT2D eigenvalue weighted by molar-refractivity contribution is 5.46. The highest BCUT2D eigenvalue weighted by Crippen LogP contribution is 2.22. The fraction of sp³-hybridized carbons (Fsp3) is 0.400. The van der Waals surface area contributed by atoms with E-state index < -0.39 is 0 Å². The molecular formula is C10H11N3.